The number of urea groups is 2. The van der Waals surface area contributed by atoms with Crippen molar-refractivity contribution in [2.45, 2.75) is 19.6 Å². The number of imide groups is 1. The van der Waals surface area contributed by atoms with Gasteiger partial charge in [-0.25, -0.2) is 18.4 Å². The zero-order valence-electron chi connectivity index (χ0n) is 19.1. The summed E-state index contributed by atoms with van der Waals surface area (Å²) in [7, 11) is 0. The highest BCUT2D eigenvalue weighted by atomic mass is 19.4. The topological polar surface area (TPSA) is 110 Å². The van der Waals surface area contributed by atoms with Crippen molar-refractivity contribution in [1.82, 2.24) is 10.2 Å². The van der Waals surface area contributed by atoms with Crippen LogP contribution in [-0.4, -0.2) is 53.6 Å². The SMILES string of the molecule is Cc1c(CN2C(=O)C(C(=O)O)CN(c3cc(F)c(N4CCNC4=O)c(F)c3)C2=O)cccc1C(F)(F)F. The van der Waals surface area contributed by atoms with Crippen molar-refractivity contribution < 1.29 is 46.2 Å². The summed E-state index contributed by atoms with van der Waals surface area (Å²) in [6.07, 6.45) is -4.71. The number of nitrogens with zero attached hydrogens (tertiary/aromatic N) is 3. The molecule has 0 radical (unpaired) electrons. The number of aliphatic carboxylic acids is 1. The Morgan fingerprint density at radius 1 is 1.11 bits per heavy atom. The van der Waals surface area contributed by atoms with Gasteiger partial charge < -0.3 is 10.4 Å². The Hall–Kier alpha value is -4.23. The highest BCUT2D eigenvalue weighted by Crippen LogP contribution is 2.35. The van der Waals surface area contributed by atoms with Gasteiger partial charge in [0.05, 0.1) is 24.3 Å². The molecule has 4 rings (SSSR count). The summed E-state index contributed by atoms with van der Waals surface area (Å²) in [4.78, 5) is 51.5. The number of amides is 5. The number of halogens is 5. The Morgan fingerprint density at radius 2 is 1.76 bits per heavy atom. The molecule has 2 N–H and O–H groups in total. The first-order chi connectivity index (χ1) is 17.3. The molecule has 2 aromatic rings. The van der Waals surface area contributed by atoms with Gasteiger partial charge >= 0.3 is 24.2 Å². The number of carboxylic acid groups (broad SMARTS) is 1. The van der Waals surface area contributed by atoms with Crippen LogP contribution in [-0.2, 0) is 22.3 Å². The van der Waals surface area contributed by atoms with E-state index in [1.54, 1.807) is 0 Å². The number of rotatable bonds is 5. The fourth-order valence-electron chi connectivity index (χ4n) is 4.29. The van der Waals surface area contributed by atoms with Crippen molar-refractivity contribution in [2.75, 3.05) is 29.4 Å². The van der Waals surface area contributed by atoms with E-state index in [1.165, 1.54) is 6.07 Å². The van der Waals surface area contributed by atoms with Crippen molar-refractivity contribution >= 4 is 35.3 Å². The maximum absolute atomic E-state index is 14.9. The third-order valence-electron chi connectivity index (χ3n) is 6.21. The number of carboxylic acids is 1. The fourth-order valence-corrected chi connectivity index (χ4v) is 4.29. The molecule has 196 valence electrons. The summed E-state index contributed by atoms with van der Waals surface area (Å²) in [6, 6.07) is 2.65. The van der Waals surface area contributed by atoms with Crippen molar-refractivity contribution in [2.24, 2.45) is 5.92 Å². The number of alkyl halides is 3. The molecule has 2 aliphatic rings. The molecule has 0 aliphatic carbocycles. The van der Waals surface area contributed by atoms with Gasteiger partial charge in [-0.05, 0) is 24.1 Å². The second kappa shape index (κ2) is 9.33. The lowest BCUT2D eigenvalue weighted by Gasteiger charge is -2.37. The normalized spacial score (nSPS) is 18.5. The van der Waals surface area contributed by atoms with E-state index in [0.29, 0.717) is 21.9 Å². The molecule has 1 atom stereocenters. The van der Waals surface area contributed by atoms with E-state index in [4.69, 9.17) is 0 Å². The van der Waals surface area contributed by atoms with Gasteiger partial charge in [-0.1, -0.05) is 12.1 Å². The zero-order chi connectivity index (χ0) is 27.2. The average molecular weight is 526 g/mol. The van der Waals surface area contributed by atoms with Gasteiger partial charge in [-0.2, -0.15) is 13.2 Å². The van der Waals surface area contributed by atoms with Crippen molar-refractivity contribution in [3.63, 3.8) is 0 Å². The molecule has 0 bridgehead atoms. The molecule has 2 heterocycles. The molecule has 14 heteroatoms. The molecule has 2 fully saturated rings. The highest BCUT2D eigenvalue weighted by molar-refractivity contribution is 6.12. The molecular weight excluding hydrogens is 507 g/mol. The van der Waals surface area contributed by atoms with E-state index >= 15 is 0 Å². The lowest BCUT2D eigenvalue weighted by Crippen LogP contribution is -2.58. The number of carbonyl (C=O) groups excluding carboxylic acids is 3. The van der Waals surface area contributed by atoms with Crippen LogP contribution in [0.1, 0.15) is 16.7 Å². The summed E-state index contributed by atoms with van der Waals surface area (Å²) >= 11 is 0. The number of carbonyl (C=O) groups is 4. The van der Waals surface area contributed by atoms with Gasteiger partial charge in [0.2, 0.25) is 5.91 Å². The van der Waals surface area contributed by atoms with Crippen molar-refractivity contribution in [3.8, 4) is 0 Å². The van der Waals surface area contributed by atoms with Gasteiger partial charge in [-0.15, -0.1) is 0 Å². The Labute approximate surface area is 206 Å². The van der Waals surface area contributed by atoms with Crippen LogP contribution in [0.3, 0.4) is 0 Å². The Bertz CT molecular complexity index is 1290. The van der Waals surface area contributed by atoms with E-state index in [2.05, 4.69) is 5.32 Å². The minimum absolute atomic E-state index is 0.0195. The maximum Gasteiger partial charge on any atom is 0.416 e. The van der Waals surface area contributed by atoms with Crippen LogP contribution in [0.2, 0.25) is 0 Å². The van der Waals surface area contributed by atoms with E-state index in [1.807, 2.05) is 0 Å². The molecule has 0 saturated carbocycles. The van der Waals surface area contributed by atoms with Crippen molar-refractivity contribution in [3.05, 3.63) is 58.7 Å². The number of hydrogen-bond donors (Lipinski definition) is 2. The first-order valence-electron chi connectivity index (χ1n) is 10.9. The highest BCUT2D eigenvalue weighted by Gasteiger charge is 2.44. The predicted octanol–water partition coefficient (Wildman–Crippen LogP) is 3.49. The van der Waals surface area contributed by atoms with Gasteiger partial charge in [0.25, 0.3) is 0 Å². The van der Waals surface area contributed by atoms with Gasteiger partial charge in [0.1, 0.15) is 5.69 Å². The standard InChI is InChI=1S/C23H19F5N4O5/c1-11-12(3-2-4-15(11)23(26,27)28)9-32-19(33)14(20(34)35)10-31(22(32)37)13-7-16(24)18(17(25)8-13)30-6-5-29-21(30)36/h2-4,7-8,14H,5-6,9-10H2,1H3,(H,29,36)(H,34,35). The van der Waals surface area contributed by atoms with Gasteiger partial charge in [0, 0.05) is 25.2 Å². The lowest BCUT2D eigenvalue weighted by molar-refractivity contribution is -0.150. The summed E-state index contributed by atoms with van der Waals surface area (Å²) in [5.74, 6) is -7.11. The predicted molar refractivity (Wildman–Crippen MR) is 118 cm³/mol. The molecule has 0 spiro atoms. The maximum atomic E-state index is 14.9. The van der Waals surface area contributed by atoms with E-state index in [-0.39, 0.29) is 24.2 Å². The Kier molecular flexibility index (Phi) is 6.52. The van der Waals surface area contributed by atoms with E-state index < -0.39 is 77.7 Å². The van der Waals surface area contributed by atoms with E-state index in [0.717, 1.165) is 24.0 Å². The molecule has 9 nitrogen and oxygen atoms in total. The van der Waals surface area contributed by atoms with Crippen molar-refractivity contribution in [1.29, 1.82) is 0 Å². The lowest BCUT2D eigenvalue weighted by atomic mass is 9.99. The van der Waals surface area contributed by atoms with Crippen LogP contribution in [0.15, 0.2) is 30.3 Å². The van der Waals surface area contributed by atoms with Crippen LogP contribution in [0.4, 0.5) is 42.9 Å². The molecule has 2 aliphatic heterocycles. The Morgan fingerprint density at radius 3 is 2.30 bits per heavy atom. The largest absolute Gasteiger partial charge is 0.481 e. The fraction of sp³-hybridized carbons (Fsp3) is 0.304. The summed E-state index contributed by atoms with van der Waals surface area (Å²) < 4.78 is 69.8. The number of nitrogens with one attached hydrogen (secondary N) is 1. The molecule has 2 saturated heterocycles. The molecule has 2 aromatic carbocycles. The smallest absolute Gasteiger partial charge is 0.416 e. The minimum atomic E-state index is -4.71. The third kappa shape index (κ3) is 4.66. The monoisotopic (exact) mass is 526 g/mol. The van der Waals surface area contributed by atoms with Crippen LogP contribution in [0.25, 0.3) is 0 Å². The third-order valence-corrected chi connectivity index (χ3v) is 6.21. The number of benzene rings is 2. The molecule has 0 aromatic heterocycles. The molecule has 1 unspecified atom stereocenters. The first-order valence-corrected chi connectivity index (χ1v) is 10.9. The van der Waals surface area contributed by atoms with Crippen LogP contribution >= 0.6 is 0 Å². The van der Waals surface area contributed by atoms with Gasteiger partial charge in [0.15, 0.2) is 17.6 Å². The van der Waals surface area contributed by atoms with Crippen LogP contribution in [0, 0.1) is 24.5 Å². The summed E-state index contributed by atoms with van der Waals surface area (Å²) in [5, 5.41) is 11.9. The summed E-state index contributed by atoms with van der Waals surface area (Å²) in [6.45, 7) is -0.204. The molecule has 5 amide bonds. The second-order valence-electron chi connectivity index (χ2n) is 8.44. The van der Waals surface area contributed by atoms with Gasteiger partial charge in [-0.3, -0.25) is 24.3 Å². The summed E-state index contributed by atoms with van der Waals surface area (Å²) in [5.41, 5.74) is -2.46. The van der Waals surface area contributed by atoms with E-state index in [9.17, 15) is 46.2 Å². The van der Waals surface area contributed by atoms with Crippen LogP contribution in [0.5, 0.6) is 0 Å². The first kappa shape index (κ1) is 25.9. The second-order valence-corrected chi connectivity index (χ2v) is 8.44. The Balaban J connectivity index is 1.72. The zero-order valence-corrected chi connectivity index (χ0v) is 19.1. The number of hydrogen-bond acceptors (Lipinski definition) is 4. The minimum Gasteiger partial charge on any atom is -0.481 e. The molecular formula is C23H19F5N4O5. The quantitative estimate of drug-likeness (QED) is 0.458. The van der Waals surface area contributed by atoms with Crippen LogP contribution < -0.4 is 15.1 Å². The average Bonchev–Trinajstić information content (AvgIpc) is 3.21. The molecule has 37 heavy (non-hydrogen) atoms. The number of anilines is 2.